The maximum absolute atomic E-state index is 12.6. The molecule has 0 aliphatic rings. The number of rotatable bonds is 6. The van der Waals surface area contributed by atoms with Crippen LogP contribution >= 0.6 is 27.7 Å². The van der Waals surface area contributed by atoms with E-state index in [0.29, 0.717) is 11.4 Å². The van der Waals surface area contributed by atoms with Crippen molar-refractivity contribution in [2.24, 2.45) is 0 Å². The fourth-order valence-corrected chi connectivity index (χ4v) is 3.03. The molecule has 1 amide bonds. The highest BCUT2D eigenvalue weighted by atomic mass is 79.9. The largest absolute Gasteiger partial charge is 0.372 e. The van der Waals surface area contributed by atoms with Crippen LogP contribution in [0.4, 0.5) is 5.82 Å². The summed E-state index contributed by atoms with van der Waals surface area (Å²) in [5.74, 6) is 1.55. The van der Waals surface area contributed by atoms with Crippen LogP contribution in [0.25, 0.3) is 0 Å². The Balaban J connectivity index is 3.01. The first-order chi connectivity index (χ1) is 9.04. The van der Waals surface area contributed by atoms with Gasteiger partial charge in [0.15, 0.2) is 0 Å². The molecular formula is C13H20BrN3OS. The molecule has 1 rings (SSSR count). The predicted octanol–water partition coefficient (Wildman–Crippen LogP) is 3.10. The third-order valence-corrected chi connectivity index (χ3v) is 4.17. The van der Waals surface area contributed by atoms with Crippen molar-refractivity contribution in [2.45, 2.75) is 19.4 Å². The molecule has 0 bridgehead atoms. The van der Waals surface area contributed by atoms with Crippen molar-refractivity contribution in [1.29, 1.82) is 0 Å². The fourth-order valence-electron chi connectivity index (χ4n) is 1.85. The molecule has 1 unspecified atom stereocenters. The van der Waals surface area contributed by atoms with Crippen molar-refractivity contribution >= 4 is 39.4 Å². The van der Waals surface area contributed by atoms with Gasteiger partial charge in [-0.05, 0) is 34.7 Å². The first-order valence-electron chi connectivity index (χ1n) is 6.14. The molecule has 6 heteroatoms. The maximum atomic E-state index is 12.6. The van der Waals surface area contributed by atoms with Gasteiger partial charge in [-0.3, -0.25) is 4.79 Å². The van der Waals surface area contributed by atoms with Gasteiger partial charge in [0.05, 0.1) is 5.56 Å². The molecule has 0 aliphatic carbocycles. The molecule has 0 spiro atoms. The minimum atomic E-state index is -0.000880. The van der Waals surface area contributed by atoms with Crippen molar-refractivity contribution in [2.75, 3.05) is 31.4 Å². The van der Waals surface area contributed by atoms with Crippen LogP contribution in [0.2, 0.25) is 0 Å². The van der Waals surface area contributed by atoms with Crippen molar-refractivity contribution in [3.8, 4) is 0 Å². The quantitative estimate of drug-likeness (QED) is 0.860. The Morgan fingerprint density at radius 3 is 2.84 bits per heavy atom. The van der Waals surface area contributed by atoms with E-state index in [9.17, 15) is 4.79 Å². The van der Waals surface area contributed by atoms with Gasteiger partial charge in [-0.1, -0.05) is 6.92 Å². The number of amides is 1. The summed E-state index contributed by atoms with van der Waals surface area (Å²) in [5, 5.41) is 2.96. The van der Waals surface area contributed by atoms with Crippen molar-refractivity contribution in [3.63, 3.8) is 0 Å². The molecule has 4 nitrogen and oxygen atoms in total. The molecule has 1 atom stereocenters. The maximum Gasteiger partial charge on any atom is 0.257 e. The molecule has 1 heterocycles. The van der Waals surface area contributed by atoms with Crippen LogP contribution in [-0.4, -0.2) is 47.9 Å². The second kappa shape index (κ2) is 7.75. The van der Waals surface area contributed by atoms with Gasteiger partial charge in [0.25, 0.3) is 5.91 Å². The highest BCUT2D eigenvalue weighted by molar-refractivity contribution is 9.10. The van der Waals surface area contributed by atoms with Crippen LogP contribution in [0.5, 0.6) is 0 Å². The monoisotopic (exact) mass is 345 g/mol. The van der Waals surface area contributed by atoms with Gasteiger partial charge in [0.2, 0.25) is 0 Å². The van der Waals surface area contributed by atoms with Crippen LogP contribution in [0.1, 0.15) is 23.7 Å². The van der Waals surface area contributed by atoms with E-state index in [1.807, 2.05) is 13.1 Å². The third kappa shape index (κ3) is 4.11. The molecule has 1 aromatic rings. The first kappa shape index (κ1) is 16.3. The Hall–Kier alpha value is -0.750. The molecule has 0 saturated carbocycles. The van der Waals surface area contributed by atoms with E-state index in [-0.39, 0.29) is 11.9 Å². The molecule has 0 aliphatic heterocycles. The van der Waals surface area contributed by atoms with Gasteiger partial charge in [-0.2, -0.15) is 11.8 Å². The lowest BCUT2D eigenvalue weighted by atomic mass is 10.1. The smallest absolute Gasteiger partial charge is 0.257 e. The van der Waals surface area contributed by atoms with E-state index in [4.69, 9.17) is 0 Å². The van der Waals surface area contributed by atoms with Crippen LogP contribution < -0.4 is 5.32 Å². The van der Waals surface area contributed by atoms with Crippen LogP contribution in [0, 0.1) is 0 Å². The Morgan fingerprint density at radius 1 is 1.63 bits per heavy atom. The molecule has 1 N–H and O–H groups in total. The summed E-state index contributed by atoms with van der Waals surface area (Å²) in [6.45, 7) is 2.10. The predicted molar refractivity (Wildman–Crippen MR) is 86.0 cm³/mol. The number of aromatic nitrogens is 1. The third-order valence-electron chi connectivity index (χ3n) is 3.02. The Labute approximate surface area is 127 Å². The number of hydrogen-bond donors (Lipinski definition) is 1. The second-order valence-electron chi connectivity index (χ2n) is 4.23. The van der Waals surface area contributed by atoms with Gasteiger partial charge >= 0.3 is 0 Å². The number of nitrogens with zero attached hydrogens (tertiary/aromatic N) is 2. The molecule has 0 fully saturated rings. The molecule has 19 heavy (non-hydrogen) atoms. The minimum Gasteiger partial charge on any atom is -0.372 e. The summed E-state index contributed by atoms with van der Waals surface area (Å²) in [6, 6.07) is 2.05. The number of thioether (sulfide) groups is 1. The Kier molecular flexibility index (Phi) is 6.65. The normalized spacial score (nSPS) is 12.1. The number of pyridine rings is 1. The highest BCUT2D eigenvalue weighted by Crippen LogP contribution is 2.21. The van der Waals surface area contributed by atoms with Crippen LogP contribution in [0.3, 0.4) is 0 Å². The summed E-state index contributed by atoms with van der Waals surface area (Å²) in [5.41, 5.74) is 0.596. The van der Waals surface area contributed by atoms with Crippen LogP contribution in [-0.2, 0) is 0 Å². The van der Waals surface area contributed by atoms with Crippen molar-refractivity contribution < 1.29 is 4.79 Å². The van der Waals surface area contributed by atoms with E-state index < -0.39 is 0 Å². The zero-order valence-electron chi connectivity index (χ0n) is 11.7. The van der Waals surface area contributed by atoms with Gasteiger partial charge in [0.1, 0.15) is 5.82 Å². The molecule has 1 aromatic heterocycles. The number of halogens is 1. The number of nitrogens with one attached hydrogen (secondary N) is 1. The summed E-state index contributed by atoms with van der Waals surface area (Å²) < 4.78 is 0.807. The van der Waals surface area contributed by atoms with Gasteiger partial charge in [-0.15, -0.1) is 0 Å². The SMILES string of the molecule is CCC(CSC)N(C)C(=O)c1cc(Br)cnc1NC. The number of anilines is 1. The number of carbonyl (C=O) groups is 1. The summed E-state index contributed by atoms with van der Waals surface area (Å²) in [7, 11) is 3.62. The molecule has 0 radical (unpaired) electrons. The van der Waals surface area contributed by atoms with Crippen LogP contribution in [0.15, 0.2) is 16.7 Å². The standard InChI is InChI=1S/C13H20BrN3OS/c1-5-10(8-19-4)17(3)13(18)11-6-9(14)7-16-12(11)15-2/h6-7,10H,5,8H2,1-4H3,(H,15,16). The zero-order valence-corrected chi connectivity index (χ0v) is 14.1. The van der Waals surface area contributed by atoms with E-state index >= 15 is 0 Å². The van der Waals surface area contributed by atoms with E-state index in [1.54, 1.807) is 29.9 Å². The number of hydrogen-bond acceptors (Lipinski definition) is 4. The topological polar surface area (TPSA) is 45.2 Å². The average molecular weight is 346 g/mol. The van der Waals surface area contributed by atoms with Gasteiger partial charge in [0, 0.05) is 36.6 Å². The lowest BCUT2D eigenvalue weighted by Crippen LogP contribution is -2.38. The minimum absolute atomic E-state index is 0.000880. The van der Waals surface area contributed by atoms with E-state index in [0.717, 1.165) is 16.6 Å². The van der Waals surface area contributed by atoms with E-state index in [1.165, 1.54) is 0 Å². The van der Waals surface area contributed by atoms with E-state index in [2.05, 4.69) is 39.4 Å². The lowest BCUT2D eigenvalue weighted by molar-refractivity contribution is 0.0744. The summed E-state index contributed by atoms with van der Waals surface area (Å²) in [6.07, 6.45) is 4.68. The lowest BCUT2D eigenvalue weighted by Gasteiger charge is -2.27. The molecule has 106 valence electrons. The molecule has 0 aromatic carbocycles. The average Bonchev–Trinajstić information content (AvgIpc) is 2.43. The Morgan fingerprint density at radius 2 is 2.32 bits per heavy atom. The highest BCUT2D eigenvalue weighted by Gasteiger charge is 2.22. The van der Waals surface area contributed by atoms with Gasteiger partial charge < -0.3 is 10.2 Å². The first-order valence-corrected chi connectivity index (χ1v) is 8.33. The number of carbonyl (C=O) groups excluding carboxylic acids is 1. The zero-order chi connectivity index (χ0) is 14.4. The molecular weight excluding hydrogens is 326 g/mol. The second-order valence-corrected chi connectivity index (χ2v) is 6.06. The summed E-state index contributed by atoms with van der Waals surface area (Å²) in [4.78, 5) is 18.6. The van der Waals surface area contributed by atoms with Crippen molar-refractivity contribution in [1.82, 2.24) is 9.88 Å². The summed E-state index contributed by atoms with van der Waals surface area (Å²) >= 11 is 5.12. The molecule has 0 saturated heterocycles. The Bertz CT molecular complexity index is 442. The van der Waals surface area contributed by atoms with Crippen molar-refractivity contribution in [3.05, 3.63) is 22.3 Å². The van der Waals surface area contributed by atoms with Gasteiger partial charge in [-0.25, -0.2) is 4.98 Å². The fraction of sp³-hybridized carbons (Fsp3) is 0.538.